The van der Waals surface area contributed by atoms with Crippen LogP contribution in [0.4, 0.5) is 11.4 Å². The van der Waals surface area contributed by atoms with Crippen molar-refractivity contribution in [3.8, 4) is 11.5 Å². The molecule has 3 rings (SSSR count). The van der Waals surface area contributed by atoms with Crippen molar-refractivity contribution >= 4 is 27.3 Å². The minimum Gasteiger partial charge on any atom is -0.497 e. The number of benzene rings is 3. The Morgan fingerprint density at radius 2 is 1.68 bits per heavy atom. The van der Waals surface area contributed by atoms with E-state index in [-0.39, 0.29) is 23.8 Å². The Morgan fingerprint density at radius 3 is 2.39 bits per heavy atom. The number of para-hydroxylation sites is 1. The molecular weight excluding hydrogens is 416 g/mol. The first-order chi connectivity index (χ1) is 14.9. The van der Waals surface area contributed by atoms with Gasteiger partial charge in [0, 0.05) is 11.4 Å². The third kappa shape index (κ3) is 6.23. The van der Waals surface area contributed by atoms with Gasteiger partial charge in [-0.05, 0) is 61.0 Å². The third-order valence-electron chi connectivity index (χ3n) is 4.45. The number of nitrogens with one attached hydrogen (secondary N) is 2. The predicted octanol–water partition coefficient (Wildman–Crippen LogP) is 4.21. The monoisotopic (exact) mass is 440 g/mol. The number of methoxy groups -OCH3 is 1. The number of aryl methyl sites for hydroxylation is 1. The van der Waals surface area contributed by atoms with Crippen LogP contribution >= 0.6 is 0 Å². The molecule has 2 N–H and O–H groups in total. The lowest BCUT2D eigenvalue weighted by Gasteiger charge is -2.11. The lowest BCUT2D eigenvalue weighted by atomic mass is 10.2. The fraction of sp³-hybridized carbons (Fsp3) is 0.174. The van der Waals surface area contributed by atoms with Crippen molar-refractivity contribution in [1.29, 1.82) is 0 Å². The Labute approximate surface area is 182 Å². The van der Waals surface area contributed by atoms with E-state index in [1.807, 2.05) is 31.2 Å². The second-order valence-corrected chi connectivity index (χ2v) is 8.46. The Hall–Kier alpha value is -3.52. The highest BCUT2D eigenvalue weighted by atomic mass is 32.2. The highest BCUT2D eigenvalue weighted by Gasteiger charge is 2.15. The molecule has 0 spiro atoms. The molecule has 1 amide bonds. The van der Waals surface area contributed by atoms with Crippen molar-refractivity contribution in [2.24, 2.45) is 0 Å². The van der Waals surface area contributed by atoms with Crippen LogP contribution < -0.4 is 19.5 Å². The maximum Gasteiger partial charge on any atom is 0.261 e. The summed E-state index contributed by atoms with van der Waals surface area (Å²) in [5.41, 5.74) is 1.78. The zero-order valence-electron chi connectivity index (χ0n) is 17.3. The average Bonchev–Trinajstić information content (AvgIpc) is 2.75. The molecule has 0 saturated carbocycles. The third-order valence-corrected chi connectivity index (χ3v) is 5.83. The van der Waals surface area contributed by atoms with E-state index in [9.17, 15) is 13.2 Å². The second-order valence-electron chi connectivity index (χ2n) is 6.77. The number of carbonyl (C=O) groups excluding carboxylic acids is 1. The van der Waals surface area contributed by atoms with Crippen LogP contribution in [0.5, 0.6) is 11.5 Å². The van der Waals surface area contributed by atoms with Crippen LogP contribution in [0.3, 0.4) is 0 Å². The molecule has 0 aliphatic carbocycles. The number of hydrogen-bond donors (Lipinski definition) is 2. The first kappa shape index (κ1) is 22.2. The van der Waals surface area contributed by atoms with E-state index >= 15 is 0 Å². The number of anilines is 2. The molecular formula is C23H24N2O5S. The van der Waals surface area contributed by atoms with Crippen LogP contribution in [0.1, 0.15) is 12.0 Å². The molecule has 0 bridgehead atoms. The molecule has 31 heavy (non-hydrogen) atoms. The van der Waals surface area contributed by atoms with E-state index in [4.69, 9.17) is 9.47 Å². The lowest BCUT2D eigenvalue weighted by molar-refractivity contribution is -0.116. The van der Waals surface area contributed by atoms with Crippen molar-refractivity contribution in [2.45, 2.75) is 18.2 Å². The molecule has 0 atom stereocenters. The summed E-state index contributed by atoms with van der Waals surface area (Å²) in [6.07, 6.45) is 0.134. The summed E-state index contributed by atoms with van der Waals surface area (Å²) in [5, 5.41) is 2.71. The van der Waals surface area contributed by atoms with Gasteiger partial charge in [-0.3, -0.25) is 9.52 Å². The second kappa shape index (κ2) is 9.99. The van der Waals surface area contributed by atoms with E-state index < -0.39 is 10.0 Å². The van der Waals surface area contributed by atoms with Crippen LogP contribution in [-0.2, 0) is 14.8 Å². The molecule has 0 heterocycles. The quantitative estimate of drug-likeness (QED) is 0.520. The maximum atomic E-state index is 12.7. The smallest absolute Gasteiger partial charge is 0.261 e. The van der Waals surface area contributed by atoms with E-state index in [1.165, 1.54) is 19.2 Å². The van der Waals surface area contributed by atoms with Crippen LogP contribution in [-0.4, -0.2) is 28.0 Å². The molecule has 0 aliphatic heterocycles. The number of ether oxygens (including phenoxy) is 2. The summed E-state index contributed by atoms with van der Waals surface area (Å²) in [4.78, 5) is 12.3. The van der Waals surface area contributed by atoms with Crippen molar-refractivity contribution in [2.75, 3.05) is 23.8 Å². The van der Waals surface area contributed by atoms with Crippen LogP contribution in [0.25, 0.3) is 0 Å². The van der Waals surface area contributed by atoms with Gasteiger partial charge >= 0.3 is 0 Å². The molecule has 8 heteroatoms. The van der Waals surface area contributed by atoms with Crippen LogP contribution in [0.2, 0.25) is 0 Å². The minimum atomic E-state index is -3.82. The molecule has 0 radical (unpaired) electrons. The van der Waals surface area contributed by atoms with Gasteiger partial charge in [-0.1, -0.05) is 24.3 Å². The summed E-state index contributed by atoms with van der Waals surface area (Å²) < 4.78 is 38.6. The standard InChI is InChI=1S/C23H24N2O5S/c1-17-6-3-4-9-22(17)30-15-14-23(26)24-19-7-5-8-21(16-19)31(27,28)25-18-10-12-20(29-2)13-11-18/h3-13,16,25H,14-15H2,1-2H3,(H,24,26). The number of rotatable bonds is 9. The van der Waals surface area contributed by atoms with Gasteiger partial charge in [-0.2, -0.15) is 0 Å². The van der Waals surface area contributed by atoms with Gasteiger partial charge in [-0.15, -0.1) is 0 Å². The summed E-state index contributed by atoms with van der Waals surface area (Å²) in [6.45, 7) is 2.15. The largest absolute Gasteiger partial charge is 0.497 e. The fourth-order valence-electron chi connectivity index (χ4n) is 2.81. The van der Waals surface area contributed by atoms with Gasteiger partial charge in [0.25, 0.3) is 10.0 Å². The normalized spacial score (nSPS) is 10.9. The molecule has 0 saturated heterocycles. The first-order valence-corrected chi connectivity index (χ1v) is 11.1. The van der Waals surface area contributed by atoms with E-state index in [0.717, 1.165) is 11.3 Å². The molecule has 0 aliphatic rings. The molecule has 3 aromatic rings. The zero-order chi connectivity index (χ0) is 22.3. The highest BCUT2D eigenvalue weighted by molar-refractivity contribution is 7.92. The van der Waals surface area contributed by atoms with Gasteiger partial charge in [0.05, 0.1) is 25.0 Å². The van der Waals surface area contributed by atoms with Gasteiger partial charge in [0.2, 0.25) is 5.91 Å². The van der Waals surface area contributed by atoms with Crippen LogP contribution in [0, 0.1) is 6.92 Å². The fourth-order valence-corrected chi connectivity index (χ4v) is 3.91. The van der Waals surface area contributed by atoms with Gasteiger partial charge < -0.3 is 14.8 Å². The van der Waals surface area contributed by atoms with E-state index in [0.29, 0.717) is 17.1 Å². The number of carbonyl (C=O) groups is 1. The summed E-state index contributed by atoms with van der Waals surface area (Å²) in [7, 11) is -2.28. The van der Waals surface area contributed by atoms with Gasteiger partial charge in [-0.25, -0.2) is 8.42 Å². The van der Waals surface area contributed by atoms with Crippen LogP contribution in [0.15, 0.2) is 77.7 Å². The van der Waals surface area contributed by atoms with Gasteiger partial charge in [0.15, 0.2) is 0 Å². The number of sulfonamides is 1. The summed E-state index contributed by atoms with van der Waals surface area (Å²) >= 11 is 0. The zero-order valence-corrected chi connectivity index (χ0v) is 18.1. The van der Waals surface area contributed by atoms with Crippen molar-refractivity contribution in [1.82, 2.24) is 0 Å². The molecule has 7 nitrogen and oxygen atoms in total. The lowest BCUT2D eigenvalue weighted by Crippen LogP contribution is -2.16. The predicted molar refractivity (Wildman–Crippen MR) is 120 cm³/mol. The highest BCUT2D eigenvalue weighted by Crippen LogP contribution is 2.21. The van der Waals surface area contributed by atoms with Crippen molar-refractivity contribution in [3.63, 3.8) is 0 Å². The topological polar surface area (TPSA) is 93.7 Å². The molecule has 0 unspecified atom stereocenters. The SMILES string of the molecule is COc1ccc(NS(=O)(=O)c2cccc(NC(=O)CCOc3ccccc3C)c2)cc1. The van der Waals surface area contributed by atoms with E-state index in [1.54, 1.807) is 36.4 Å². The van der Waals surface area contributed by atoms with Crippen molar-refractivity contribution in [3.05, 3.63) is 78.4 Å². The molecule has 0 aromatic heterocycles. The molecule has 3 aromatic carbocycles. The number of amides is 1. The Morgan fingerprint density at radius 1 is 0.935 bits per heavy atom. The van der Waals surface area contributed by atoms with Gasteiger partial charge in [0.1, 0.15) is 11.5 Å². The Kier molecular flexibility index (Phi) is 7.15. The minimum absolute atomic E-state index is 0.0391. The van der Waals surface area contributed by atoms with E-state index in [2.05, 4.69) is 10.0 Å². The van der Waals surface area contributed by atoms with Crippen molar-refractivity contribution < 1.29 is 22.7 Å². The molecule has 162 valence electrons. The first-order valence-electron chi connectivity index (χ1n) is 9.62. The average molecular weight is 441 g/mol. The summed E-state index contributed by atoms with van der Waals surface area (Å²) in [6, 6.07) is 20.2. The number of hydrogen-bond acceptors (Lipinski definition) is 5. The molecule has 0 fully saturated rings. The Bertz CT molecular complexity index is 1140. The summed E-state index contributed by atoms with van der Waals surface area (Å²) in [5.74, 6) is 1.08. The maximum absolute atomic E-state index is 12.7. The Balaban J connectivity index is 1.59.